The standard InChI is InChI=1S/C15H21Cl2N/c1-11(18-2)15(8-4-3-5-9-15)12-6-7-13(16)14(17)10-12/h6-7,10-11,18H,3-5,8-9H2,1-2H3/t11-/m1/s1. The topological polar surface area (TPSA) is 12.0 Å². The van der Waals surface area contributed by atoms with Crippen molar-refractivity contribution in [1.82, 2.24) is 5.32 Å². The van der Waals surface area contributed by atoms with E-state index in [1.165, 1.54) is 37.7 Å². The molecule has 1 aliphatic rings. The van der Waals surface area contributed by atoms with Crippen molar-refractivity contribution in [2.45, 2.75) is 50.5 Å². The maximum atomic E-state index is 6.19. The van der Waals surface area contributed by atoms with E-state index < -0.39 is 0 Å². The second-order valence-electron chi connectivity index (χ2n) is 5.36. The van der Waals surface area contributed by atoms with E-state index in [9.17, 15) is 0 Å². The van der Waals surface area contributed by atoms with E-state index in [1.54, 1.807) is 0 Å². The summed E-state index contributed by atoms with van der Waals surface area (Å²) in [6.07, 6.45) is 6.40. The summed E-state index contributed by atoms with van der Waals surface area (Å²) in [6.45, 7) is 2.27. The van der Waals surface area contributed by atoms with E-state index in [-0.39, 0.29) is 5.41 Å². The van der Waals surface area contributed by atoms with Crippen LogP contribution in [0.1, 0.15) is 44.6 Å². The van der Waals surface area contributed by atoms with Gasteiger partial charge in [-0.15, -0.1) is 0 Å². The van der Waals surface area contributed by atoms with Crippen molar-refractivity contribution in [3.05, 3.63) is 33.8 Å². The molecule has 18 heavy (non-hydrogen) atoms. The lowest BCUT2D eigenvalue weighted by molar-refractivity contribution is 0.231. The molecule has 1 aromatic carbocycles. The molecule has 1 atom stereocenters. The third-order valence-corrected chi connectivity index (χ3v) is 5.24. The summed E-state index contributed by atoms with van der Waals surface area (Å²) in [5, 5.41) is 4.74. The monoisotopic (exact) mass is 285 g/mol. The van der Waals surface area contributed by atoms with Crippen LogP contribution in [-0.4, -0.2) is 13.1 Å². The molecule has 0 unspecified atom stereocenters. The SMILES string of the molecule is CN[C@H](C)C1(c2ccc(Cl)c(Cl)c2)CCCCC1. The number of hydrogen-bond acceptors (Lipinski definition) is 1. The summed E-state index contributed by atoms with van der Waals surface area (Å²) in [7, 11) is 2.04. The number of benzene rings is 1. The Labute approximate surface area is 120 Å². The Kier molecular flexibility index (Phi) is 4.58. The molecule has 0 bridgehead atoms. The predicted octanol–water partition coefficient (Wildman–Crippen LogP) is 4.80. The van der Waals surface area contributed by atoms with Crippen LogP contribution in [0, 0.1) is 0 Å². The first-order chi connectivity index (χ1) is 8.60. The van der Waals surface area contributed by atoms with E-state index >= 15 is 0 Å². The van der Waals surface area contributed by atoms with E-state index in [0.717, 1.165) is 0 Å². The van der Waals surface area contributed by atoms with Crippen molar-refractivity contribution in [2.24, 2.45) is 0 Å². The van der Waals surface area contributed by atoms with Gasteiger partial charge < -0.3 is 5.32 Å². The molecule has 0 aromatic heterocycles. The summed E-state index contributed by atoms with van der Waals surface area (Å²) in [4.78, 5) is 0. The third kappa shape index (κ3) is 2.54. The van der Waals surface area contributed by atoms with Gasteiger partial charge in [0.15, 0.2) is 0 Å². The number of rotatable bonds is 3. The van der Waals surface area contributed by atoms with Gasteiger partial charge in [0.25, 0.3) is 0 Å². The smallest absolute Gasteiger partial charge is 0.0595 e. The molecule has 1 aliphatic carbocycles. The molecule has 3 heteroatoms. The fourth-order valence-corrected chi connectivity index (χ4v) is 3.53. The van der Waals surface area contributed by atoms with Gasteiger partial charge in [-0.2, -0.15) is 0 Å². The van der Waals surface area contributed by atoms with Gasteiger partial charge in [0.05, 0.1) is 10.0 Å². The highest BCUT2D eigenvalue weighted by Gasteiger charge is 2.38. The first kappa shape index (κ1) is 14.2. The third-order valence-electron chi connectivity index (χ3n) is 4.50. The van der Waals surface area contributed by atoms with Crippen LogP contribution in [-0.2, 0) is 5.41 Å². The Morgan fingerprint density at radius 2 is 1.78 bits per heavy atom. The van der Waals surface area contributed by atoms with Crippen molar-refractivity contribution in [2.75, 3.05) is 7.05 Å². The van der Waals surface area contributed by atoms with Crippen molar-refractivity contribution in [3.8, 4) is 0 Å². The molecule has 100 valence electrons. The minimum Gasteiger partial charge on any atom is -0.316 e. The molecule has 1 saturated carbocycles. The Bertz CT molecular complexity index is 411. The quantitative estimate of drug-likeness (QED) is 0.841. The van der Waals surface area contributed by atoms with Crippen molar-refractivity contribution in [1.29, 1.82) is 0 Å². The molecule has 1 nitrogen and oxygen atoms in total. The van der Waals surface area contributed by atoms with E-state index in [0.29, 0.717) is 16.1 Å². The minimum atomic E-state index is 0.210. The molecule has 0 aliphatic heterocycles. The Morgan fingerprint density at radius 1 is 1.11 bits per heavy atom. The molecule has 0 radical (unpaired) electrons. The Balaban J connectivity index is 2.41. The maximum absolute atomic E-state index is 6.19. The van der Waals surface area contributed by atoms with E-state index in [4.69, 9.17) is 23.2 Å². The molecule has 0 amide bonds. The largest absolute Gasteiger partial charge is 0.316 e. The van der Waals surface area contributed by atoms with Gasteiger partial charge in [0.1, 0.15) is 0 Å². The van der Waals surface area contributed by atoms with Gasteiger partial charge in [-0.1, -0.05) is 48.5 Å². The molecular formula is C15H21Cl2N. The highest BCUT2D eigenvalue weighted by Crippen LogP contribution is 2.43. The number of likely N-dealkylation sites (N-methyl/N-ethyl adjacent to an activating group) is 1. The van der Waals surface area contributed by atoms with E-state index in [2.05, 4.69) is 24.4 Å². The van der Waals surface area contributed by atoms with Crippen LogP contribution in [0.5, 0.6) is 0 Å². The predicted molar refractivity (Wildman–Crippen MR) is 79.7 cm³/mol. The molecule has 0 spiro atoms. The van der Waals surface area contributed by atoms with Crippen LogP contribution < -0.4 is 5.32 Å². The summed E-state index contributed by atoms with van der Waals surface area (Å²) in [5.41, 5.74) is 1.54. The van der Waals surface area contributed by atoms with Crippen molar-refractivity contribution in [3.63, 3.8) is 0 Å². The van der Waals surface area contributed by atoms with Crippen LogP contribution >= 0.6 is 23.2 Å². The van der Waals surface area contributed by atoms with Crippen LogP contribution in [0.3, 0.4) is 0 Å². The van der Waals surface area contributed by atoms with Crippen LogP contribution in [0.25, 0.3) is 0 Å². The van der Waals surface area contributed by atoms with Gasteiger partial charge in [-0.25, -0.2) is 0 Å². The first-order valence-electron chi connectivity index (χ1n) is 6.73. The van der Waals surface area contributed by atoms with Crippen molar-refractivity contribution < 1.29 is 0 Å². The summed E-state index contributed by atoms with van der Waals surface area (Å²) < 4.78 is 0. The highest BCUT2D eigenvalue weighted by atomic mass is 35.5. The minimum absolute atomic E-state index is 0.210. The summed E-state index contributed by atoms with van der Waals surface area (Å²) in [6, 6.07) is 6.59. The number of halogens is 2. The van der Waals surface area contributed by atoms with Gasteiger partial charge in [0.2, 0.25) is 0 Å². The fraction of sp³-hybridized carbons (Fsp3) is 0.600. The normalized spacial score (nSPS) is 20.7. The van der Waals surface area contributed by atoms with Gasteiger partial charge >= 0.3 is 0 Å². The van der Waals surface area contributed by atoms with Gasteiger partial charge in [0, 0.05) is 11.5 Å². The summed E-state index contributed by atoms with van der Waals surface area (Å²) >= 11 is 12.2. The highest BCUT2D eigenvalue weighted by molar-refractivity contribution is 6.42. The molecule has 1 N–H and O–H groups in total. The zero-order valence-electron chi connectivity index (χ0n) is 11.1. The van der Waals surface area contributed by atoms with Crippen LogP contribution in [0.2, 0.25) is 10.0 Å². The molecule has 0 heterocycles. The van der Waals surface area contributed by atoms with Gasteiger partial charge in [-0.3, -0.25) is 0 Å². The molecule has 1 aromatic rings. The average molecular weight is 286 g/mol. The van der Waals surface area contributed by atoms with Crippen LogP contribution in [0.4, 0.5) is 0 Å². The number of nitrogens with one attached hydrogen (secondary N) is 1. The lowest BCUT2D eigenvalue weighted by Crippen LogP contribution is -2.46. The number of hydrogen-bond donors (Lipinski definition) is 1. The Morgan fingerprint density at radius 3 is 2.33 bits per heavy atom. The molecule has 1 fully saturated rings. The Hall–Kier alpha value is -0.240. The van der Waals surface area contributed by atoms with E-state index in [1.807, 2.05) is 13.1 Å². The molecular weight excluding hydrogens is 265 g/mol. The molecule has 0 saturated heterocycles. The fourth-order valence-electron chi connectivity index (χ4n) is 3.24. The lowest BCUT2D eigenvalue weighted by atomic mass is 9.65. The second-order valence-corrected chi connectivity index (χ2v) is 6.17. The molecule has 2 rings (SSSR count). The average Bonchev–Trinajstić information content (AvgIpc) is 2.41. The summed E-state index contributed by atoms with van der Waals surface area (Å²) in [5.74, 6) is 0. The van der Waals surface area contributed by atoms with Crippen molar-refractivity contribution >= 4 is 23.2 Å². The maximum Gasteiger partial charge on any atom is 0.0595 e. The zero-order chi connectivity index (χ0) is 13.2. The lowest BCUT2D eigenvalue weighted by Gasteiger charge is -2.43. The first-order valence-corrected chi connectivity index (χ1v) is 7.48. The zero-order valence-corrected chi connectivity index (χ0v) is 12.6. The van der Waals surface area contributed by atoms with Crippen LogP contribution in [0.15, 0.2) is 18.2 Å². The second kappa shape index (κ2) is 5.81. The van der Waals surface area contributed by atoms with Gasteiger partial charge in [-0.05, 0) is 44.5 Å².